The molecular weight excluding hydrogens is 192 g/mol. The lowest BCUT2D eigenvalue weighted by atomic mass is 10.2. The Hall–Kier alpha value is -1.56. The van der Waals surface area contributed by atoms with Crippen molar-refractivity contribution in [2.45, 2.75) is 25.8 Å². The van der Waals surface area contributed by atoms with Crippen molar-refractivity contribution in [2.24, 2.45) is 5.84 Å². The van der Waals surface area contributed by atoms with E-state index in [2.05, 4.69) is 27.2 Å². The van der Waals surface area contributed by atoms with Gasteiger partial charge in [-0.2, -0.15) is 9.97 Å². The van der Waals surface area contributed by atoms with E-state index < -0.39 is 0 Å². The number of nitrogen functional groups attached to an aromatic ring is 2. The number of nitrogens with two attached hydrogens (primary N) is 2. The van der Waals surface area contributed by atoms with Gasteiger partial charge < -0.3 is 16.1 Å². The van der Waals surface area contributed by atoms with Crippen LogP contribution in [0.1, 0.15) is 19.8 Å². The fraction of sp³-hybridized carbons (Fsp3) is 0.556. The fourth-order valence-corrected chi connectivity index (χ4v) is 1.95. The van der Waals surface area contributed by atoms with Crippen molar-refractivity contribution in [3.63, 3.8) is 0 Å². The zero-order valence-electron chi connectivity index (χ0n) is 8.77. The van der Waals surface area contributed by atoms with Gasteiger partial charge in [0.1, 0.15) is 11.6 Å². The third-order valence-corrected chi connectivity index (χ3v) is 2.73. The van der Waals surface area contributed by atoms with Crippen LogP contribution in [0.2, 0.25) is 0 Å². The van der Waals surface area contributed by atoms with Crippen LogP contribution < -0.4 is 21.9 Å². The molecule has 1 fully saturated rings. The molecule has 2 heterocycles. The van der Waals surface area contributed by atoms with Crippen molar-refractivity contribution in [3.8, 4) is 0 Å². The second kappa shape index (κ2) is 3.90. The quantitative estimate of drug-likeness (QED) is 0.479. The monoisotopic (exact) mass is 208 g/mol. The van der Waals surface area contributed by atoms with Crippen LogP contribution in [0.3, 0.4) is 0 Å². The summed E-state index contributed by atoms with van der Waals surface area (Å²) in [5, 5.41) is 0. The second-order valence-corrected chi connectivity index (χ2v) is 3.80. The molecule has 1 aliphatic rings. The maximum absolute atomic E-state index is 5.60. The Kier molecular flexibility index (Phi) is 2.59. The van der Waals surface area contributed by atoms with E-state index in [4.69, 9.17) is 11.6 Å². The molecular formula is C9H16N6. The highest BCUT2D eigenvalue weighted by molar-refractivity contribution is 5.53. The van der Waals surface area contributed by atoms with E-state index in [9.17, 15) is 0 Å². The lowest BCUT2D eigenvalue weighted by Gasteiger charge is -2.22. The summed E-state index contributed by atoms with van der Waals surface area (Å²) in [6, 6.07) is 2.32. The van der Waals surface area contributed by atoms with Crippen molar-refractivity contribution >= 4 is 17.6 Å². The molecule has 1 saturated heterocycles. The number of anilines is 3. The normalized spacial score (nSPS) is 20.7. The van der Waals surface area contributed by atoms with E-state index in [-0.39, 0.29) is 5.95 Å². The molecule has 5 N–H and O–H groups in total. The molecule has 1 aliphatic heterocycles. The summed E-state index contributed by atoms with van der Waals surface area (Å²) >= 11 is 0. The molecule has 0 aromatic carbocycles. The third-order valence-electron chi connectivity index (χ3n) is 2.73. The van der Waals surface area contributed by atoms with Crippen molar-refractivity contribution in [1.29, 1.82) is 0 Å². The molecule has 15 heavy (non-hydrogen) atoms. The van der Waals surface area contributed by atoms with E-state index in [1.54, 1.807) is 0 Å². The first-order valence-corrected chi connectivity index (χ1v) is 5.08. The van der Waals surface area contributed by atoms with Crippen molar-refractivity contribution in [2.75, 3.05) is 22.6 Å². The van der Waals surface area contributed by atoms with Crippen molar-refractivity contribution in [3.05, 3.63) is 6.07 Å². The molecule has 0 aliphatic carbocycles. The molecule has 0 amide bonds. The molecule has 6 nitrogen and oxygen atoms in total. The standard InChI is InChI=1S/C9H16N6/c1-6-3-2-4-15(6)8-5-7(14-11)12-9(10)13-8/h5-6H,2-4,11H2,1H3,(H3,10,12,13,14). The maximum Gasteiger partial charge on any atom is 0.223 e. The Bertz CT molecular complexity index is 352. The topological polar surface area (TPSA) is 93.1 Å². The molecule has 82 valence electrons. The first-order chi connectivity index (χ1) is 7.20. The fourth-order valence-electron chi connectivity index (χ4n) is 1.95. The van der Waals surface area contributed by atoms with Crippen LogP contribution in [-0.4, -0.2) is 22.6 Å². The van der Waals surface area contributed by atoms with E-state index in [1.807, 2.05) is 6.07 Å². The van der Waals surface area contributed by atoms with Gasteiger partial charge in [-0.15, -0.1) is 0 Å². The van der Waals surface area contributed by atoms with Crippen molar-refractivity contribution in [1.82, 2.24) is 9.97 Å². The van der Waals surface area contributed by atoms with Crippen LogP contribution in [0.15, 0.2) is 6.07 Å². The first-order valence-electron chi connectivity index (χ1n) is 5.08. The van der Waals surface area contributed by atoms with E-state index in [0.29, 0.717) is 11.9 Å². The minimum absolute atomic E-state index is 0.250. The highest BCUT2D eigenvalue weighted by atomic mass is 15.3. The predicted molar refractivity (Wildman–Crippen MR) is 60.3 cm³/mol. The van der Waals surface area contributed by atoms with E-state index in [0.717, 1.165) is 12.4 Å². The summed E-state index contributed by atoms with van der Waals surface area (Å²) in [6.07, 6.45) is 2.38. The highest BCUT2D eigenvalue weighted by Crippen LogP contribution is 2.25. The van der Waals surface area contributed by atoms with Crippen LogP contribution in [0, 0.1) is 0 Å². The smallest absolute Gasteiger partial charge is 0.223 e. The number of rotatable bonds is 2. The van der Waals surface area contributed by atoms with Gasteiger partial charge in [0.05, 0.1) is 0 Å². The zero-order chi connectivity index (χ0) is 10.8. The summed E-state index contributed by atoms with van der Waals surface area (Å²) in [7, 11) is 0. The maximum atomic E-state index is 5.60. The number of nitrogens with one attached hydrogen (secondary N) is 1. The van der Waals surface area contributed by atoms with Crippen LogP contribution in [0.4, 0.5) is 17.6 Å². The van der Waals surface area contributed by atoms with Gasteiger partial charge in [-0.3, -0.25) is 0 Å². The molecule has 6 heteroatoms. The number of hydrazine groups is 1. The molecule has 0 radical (unpaired) electrons. The molecule has 0 spiro atoms. The van der Waals surface area contributed by atoms with Crippen LogP contribution in [0.5, 0.6) is 0 Å². The minimum atomic E-state index is 0.250. The summed E-state index contributed by atoms with van der Waals surface area (Å²) in [4.78, 5) is 10.4. The Morgan fingerprint density at radius 3 is 2.93 bits per heavy atom. The van der Waals surface area contributed by atoms with Gasteiger partial charge in [0.25, 0.3) is 0 Å². The number of aromatic nitrogens is 2. The largest absolute Gasteiger partial charge is 0.368 e. The second-order valence-electron chi connectivity index (χ2n) is 3.80. The third kappa shape index (κ3) is 1.94. The van der Waals surface area contributed by atoms with Crippen LogP contribution in [0.25, 0.3) is 0 Å². The number of hydrogen-bond acceptors (Lipinski definition) is 6. The SMILES string of the molecule is CC1CCCN1c1cc(NN)nc(N)n1. The average molecular weight is 208 g/mol. The van der Waals surface area contributed by atoms with E-state index in [1.165, 1.54) is 12.8 Å². The number of nitrogens with zero attached hydrogens (tertiary/aromatic N) is 3. The summed E-state index contributed by atoms with van der Waals surface area (Å²) in [5.74, 6) is 6.96. The van der Waals surface area contributed by atoms with Crippen LogP contribution >= 0.6 is 0 Å². The predicted octanol–water partition coefficient (Wildman–Crippen LogP) is 0.333. The molecule has 1 atom stereocenters. The molecule has 2 rings (SSSR count). The minimum Gasteiger partial charge on any atom is -0.368 e. The van der Waals surface area contributed by atoms with Crippen molar-refractivity contribution < 1.29 is 0 Å². The molecule has 1 aromatic rings. The van der Waals surface area contributed by atoms with Gasteiger partial charge in [0.15, 0.2) is 0 Å². The van der Waals surface area contributed by atoms with Gasteiger partial charge in [0, 0.05) is 18.7 Å². The van der Waals surface area contributed by atoms with Gasteiger partial charge in [-0.25, -0.2) is 5.84 Å². The highest BCUT2D eigenvalue weighted by Gasteiger charge is 2.22. The Morgan fingerprint density at radius 1 is 1.53 bits per heavy atom. The molecule has 1 unspecified atom stereocenters. The summed E-state index contributed by atoms with van der Waals surface area (Å²) in [5.41, 5.74) is 8.09. The summed E-state index contributed by atoms with van der Waals surface area (Å²) < 4.78 is 0. The molecule has 0 saturated carbocycles. The molecule has 1 aromatic heterocycles. The lowest BCUT2D eigenvalue weighted by molar-refractivity contribution is 0.727. The summed E-state index contributed by atoms with van der Waals surface area (Å²) in [6.45, 7) is 3.20. The first kappa shape index (κ1) is 9.97. The van der Waals surface area contributed by atoms with Gasteiger partial charge in [-0.1, -0.05) is 0 Å². The Labute approximate surface area is 88.6 Å². The zero-order valence-corrected chi connectivity index (χ0v) is 8.77. The Morgan fingerprint density at radius 2 is 2.33 bits per heavy atom. The van der Waals surface area contributed by atoms with Gasteiger partial charge in [-0.05, 0) is 19.8 Å². The number of hydrogen-bond donors (Lipinski definition) is 3. The Balaban J connectivity index is 2.30. The lowest BCUT2D eigenvalue weighted by Crippen LogP contribution is -2.27. The van der Waals surface area contributed by atoms with Crippen LogP contribution in [-0.2, 0) is 0 Å². The average Bonchev–Trinajstić information content (AvgIpc) is 2.63. The van der Waals surface area contributed by atoms with Gasteiger partial charge >= 0.3 is 0 Å². The molecule has 0 bridgehead atoms. The van der Waals surface area contributed by atoms with Gasteiger partial charge in [0.2, 0.25) is 5.95 Å². The van der Waals surface area contributed by atoms with E-state index >= 15 is 0 Å².